The van der Waals surface area contributed by atoms with Gasteiger partial charge in [0.05, 0.1) is 11.6 Å². The van der Waals surface area contributed by atoms with Crippen LogP contribution in [0.1, 0.15) is 62.2 Å². The first-order valence-corrected chi connectivity index (χ1v) is 6.91. The van der Waals surface area contributed by atoms with Crippen molar-refractivity contribution < 1.29 is 9.90 Å². The molecule has 18 heavy (non-hydrogen) atoms. The Labute approximate surface area is 107 Å². The van der Waals surface area contributed by atoms with Gasteiger partial charge < -0.3 is 9.67 Å². The van der Waals surface area contributed by atoms with Crippen LogP contribution in [0.15, 0.2) is 0 Å². The second-order valence-corrected chi connectivity index (χ2v) is 5.85. The van der Waals surface area contributed by atoms with Gasteiger partial charge >= 0.3 is 5.97 Å². The van der Waals surface area contributed by atoms with E-state index in [1.165, 1.54) is 24.4 Å². The van der Waals surface area contributed by atoms with E-state index < -0.39 is 5.97 Å². The third-order valence-electron chi connectivity index (χ3n) is 4.15. The highest BCUT2D eigenvalue weighted by Crippen LogP contribution is 2.50. The van der Waals surface area contributed by atoms with Crippen molar-refractivity contribution in [1.29, 1.82) is 0 Å². The highest BCUT2D eigenvalue weighted by Gasteiger charge is 2.48. The molecule has 0 spiro atoms. The summed E-state index contributed by atoms with van der Waals surface area (Å²) < 4.78 is 2.31. The van der Waals surface area contributed by atoms with E-state index in [0.29, 0.717) is 5.92 Å². The first kappa shape index (κ1) is 11.8. The monoisotopic (exact) mass is 248 g/mol. The summed E-state index contributed by atoms with van der Waals surface area (Å²) in [7, 11) is 0. The fraction of sp³-hybridized carbons (Fsp3) is 0.714. The van der Waals surface area contributed by atoms with Crippen molar-refractivity contribution in [2.24, 2.45) is 5.92 Å². The predicted octanol–water partition coefficient (Wildman–Crippen LogP) is 2.53. The van der Waals surface area contributed by atoms with Crippen LogP contribution in [0.5, 0.6) is 0 Å². The summed E-state index contributed by atoms with van der Waals surface area (Å²) in [5, 5.41) is 9.13. The summed E-state index contributed by atoms with van der Waals surface area (Å²) in [6.07, 6.45) is 4.24. The number of aromatic nitrogens is 2. The summed E-state index contributed by atoms with van der Waals surface area (Å²) in [6.45, 7) is 5.32. The number of hydrogen-bond donors (Lipinski definition) is 1. The highest BCUT2D eigenvalue weighted by molar-refractivity contribution is 5.75. The van der Waals surface area contributed by atoms with Gasteiger partial charge in [-0.15, -0.1) is 0 Å². The van der Waals surface area contributed by atoms with Crippen LogP contribution in [0, 0.1) is 5.92 Å². The lowest BCUT2D eigenvalue weighted by molar-refractivity contribution is -0.138. The van der Waals surface area contributed by atoms with Gasteiger partial charge in [0.25, 0.3) is 0 Å². The molecule has 1 aromatic rings. The fourth-order valence-electron chi connectivity index (χ4n) is 3.11. The summed E-state index contributed by atoms with van der Waals surface area (Å²) in [4.78, 5) is 15.9. The molecule has 0 amide bonds. The minimum Gasteiger partial charge on any atom is -0.481 e. The number of aryl methyl sites for hydroxylation is 1. The van der Waals surface area contributed by atoms with Crippen molar-refractivity contribution >= 4 is 5.97 Å². The topological polar surface area (TPSA) is 55.1 Å². The Balaban J connectivity index is 2.01. The predicted molar refractivity (Wildman–Crippen MR) is 67.7 cm³/mol. The van der Waals surface area contributed by atoms with Gasteiger partial charge in [0.2, 0.25) is 0 Å². The Morgan fingerprint density at radius 1 is 1.44 bits per heavy atom. The summed E-state index contributed by atoms with van der Waals surface area (Å²) >= 11 is 0. The van der Waals surface area contributed by atoms with Crippen LogP contribution in [0.3, 0.4) is 0 Å². The molecule has 98 valence electrons. The number of nitrogens with zero attached hydrogens (tertiary/aromatic N) is 2. The number of rotatable bonds is 3. The number of aliphatic carboxylic acids is 1. The second kappa shape index (κ2) is 4.11. The largest absolute Gasteiger partial charge is 0.481 e. The van der Waals surface area contributed by atoms with Crippen molar-refractivity contribution in [2.45, 2.75) is 57.9 Å². The first-order valence-electron chi connectivity index (χ1n) is 6.91. The van der Waals surface area contributed by atoms with Gasteiger partial charge in [0, 0.05) is 24.6 Å². The lowest BCUT2D eigenvalue weighted by Crippen LogP contribution is -2.13. The Kier molecular flexibility index (Phi) is 2.68. The van der Waals surface area contributed by atoms with E-state index in [0.717, 1.165) is 25.1 Å². The van der Waals surface area contributed by atoms with Crippen molar-refractivity contribution in [3.05, 3.63) is 17.2 Å². The lowest BCUT2D eigenvalue weighted by Gasteiger charge is -2.17. The van der Waals surface area contributed by atoms with Crippen molar-refractivity contribution in [3.8, 4) is 0 Å². The molecule has 2 heterocycles. The van der Waals surface area contributed by atoms with Crippen LogP contribution < -0.4 is 0 Å². The molecule has 0 saturated heterocycles. The van der Waals surface area contributed by atoms with E-state index in [1.54, 1.807) is 0 Å². The number of carboxylic acid groups (broad SMARTS) is 1. The van der Waals surface area contributed by atoms with E-state index in [-0.39, 0.29) is 11.8 Å². The third kappa shape index (κ3) is 1.74. The zero-order valence-electron chi connectivity index (χ0n) is 11.0. The van der Waals surface area contributed by atoms with Gasteiger partial charge in [0.15, 0.2) is 0 Å². The number of hydrogen-bond acceptors (Lipinski definition) is 2. The number of fused-ring (bicyclic) bond motifs is 1. The average molecular weight is 248 g/mol. The van der Waals surface area contributed by atoms with Gasteiger partial charge in [-0.2, -0.15) is 0 Å². The normalized spacial score (nSPS) is 26.2. The highest BCUT2D eigenvalue weighted by atomic mass is 16.4. The molecular weight excluding hydrogens is 228 g/mol. The van der Waals surface area contributed by atoms with E-state index >= 15 is 0 Å². The minimum atomic E-state index is -0.652. The number of carboxylic acids is 1. The van der Waals surface area contributed by atoms with Crippen LogP contribution in [0.2, 0.25) is 0 Å². The molecule has 1 fully saturated rings. The molecule has 1 aliphatic carbocycles. The quantitative estimate of drug-likeness (QED) is 0.894. The van der Waals surface area contributed by atoms with Gasteiger partial charge in [-0.3, -0.25) is 4.79 Å². The smallest absolute Gasteiger partial charge is 0.307 e. The van der Waals surface area contributed by atoms with E-state index in [4.69, 9.17) is 10.1 Å². The fourth-order valence-corrected chi connectivity index (χ4v) is 3.11. The summed E-state index contributed by atoms with van der Waals surface area (Å²) in [6, 6.07) is 0. The summed E-state index contributed by atoms with van der Waals surface area (Å²) in [5.74, 6) is 0.940. The maximum absolute atomic E-state index is 11.1. The molecule has 1 N–H and O–H groups in total. The molecular formula is C14H20N2O2. The Morgan fingerprint density at radius 2 is 2.22 bits per heavy atom. The Hall–Kier alpha value is -1.32. The van der Waals surface area contributed by atoms with Crippen molar-refractivity contribution in [1.82, 2.24) is 9.55 Å². The van der Waals surface area contributed by atoms with E-state index in [2.05, 4.69) is 18.4 Å². The van der Waals surface area contributed by atoms with Gasteiger partial charge in [-0.25, -0.2) is 4.98 Å². The van der Waals surface area contributed by atoms with Crippen molar-refractivity contribution in [3.63, 3.8) is 0 Å². The second-order valence-electron chi connectivity index (χ2n) is 5.85. The van der Waals surface area contributed by atoms with Crippen LogP contribution in [0.25, 0.3) is 0 Å². The molecule has 1 aromatic heterocycles. The molecule has 1 aliphatic heterocycles. The lowest BCUT2D eigenvalue weighted by atomic mass is 10.0. The van der Waals surface area contributed by atoms with Crippen LogP contribution in [-0.4, -0.2) is 20.6 Å². The minimum absolute atomic E-state index is 0.176. The van der Waals surface area contributed by atoms with Crippen molar-refractivity contribution in [2.75, 3.05) is 0 Å². The molecule has 4 nitrogen and oxygen atoms in total. The average Bonchev–Trinajstić information content (AvgIpc) is 3.02. The molecule has 0 aromatic carbocycles. The SMILES string of the molecule is CC(C)c1nc2n(c1C1CC1C(=O)O)CCCC2. The summed E-state index contributed by atoms with van der Waals surface area (Å²) in [5.41, 5.74) is 2.37. The van der Waals surface area contributed by atoms with Crippen LogP contribution in [0.4, 0.5) is 0 Å². The van der Waals surface area contributed by atoms with E-state index in [1.807, 2.05) is 0 Å². The zero-order chi connectivity index (χ0) is 12.9. The van der Waals surface area contributed by atoms with Crippen LogP contribution >= 0.6 is 0 Å². The van der Waals surface area contributed by atoms with Crippen LogP contribution in [-0.2, 0) is 17.8 Å². The van der Waals surface area contributed by atoms with Gasteiger partial charge in [-0.05, 0) is 25.2 Å². The van der Waals surface area contributed by atoms with Gasteiger partial charge in [0.1, 0.15) is 5.82 Å². The molecule has 2 unspecified atom stereocenters. The number of carbonyl (C=O) groups is 1. The third-order valence-corrected chi connectivity index (χ3v) is 4.15. The standard InChI is InChI=1S/C14H20N2O2/c1-8(2)12-13(9-7-10(9)14(17)18)16-6-4-3-5-11(16)15-12/h8-10H,3-7H2,1-2H3,(H,17,18). The number of imidazole rings is 1. The Bertz CT molecular complexity index is 490. The molecule has 1 saturated carbocycles. The molecule has 0 radical (unpaired) electrons. The molecule has 0 bridgehead atoms. The Morgan fingerprint density at radius 3 is 2.83 bits per heavy atom. The molecule has 4 heteroatoms. The molecule has 2 atom stereocenters. The maximum Gasteiger partial charge on any atom is 0.307 e. The molecule has 3 rings (SSSR count). The first-order chi connectivity index (χ1) is 8.59. The van der Waals surface area contributed by atoms with E-state index in [9.17, 15) is 4.79 Å². The van der Waals surface area contributed by atoms with Gasteiger partial charge in [-0.1, -0.05) is 13.8 Å². The molecule has 2 aliphatic rings. The zero-order valence-corrected chi connectivity index (χ0v) is 11.0. The maximum atomic E-state index is 11.1.